The number of amides is 2. The average Bonchev–Trinajstić information content (AvgIpc) is 3.03. The van der Waals surface area contributed by atoms with E-state index in [0.717, 1.165) is 31.4 Å². The zero-order valence-electron chi connectivity index (χ0n) is 16.4. The maximum Gasteiger partial charge on any atom is 0.270 e. The van der Waals surface area contributed by atoms with Crippen LogP contribution < -0.4 is 10.2 Å². The summed E-state index contributed by atoms with van der Waals surface area (Å²) in [6.45, 7) is 2.39. The van der Waals surface area contributed by atoms with Gasteiger partial charge in [-0.05, 0) is 56.9 Å². The Kier molecular flexibility index (Phi) is 5.01. The summed E-state index contributed by atoms with van der Waals surface area (Å²) in [6.07, 6.45) is 5.56. The summed E-state index contributed by atoms with van der Waals surface area (Å²) in [4.78, 5) is 35.9. The van der Waals surface area contributed by atoms with E-state index >= 15 is 0 Å². The van der Waals surface area contributed by atoms with Crippen molar-refractivity contribution < 1.29 is 9.59 Å². The van der Waals surface area contributed by atoms with Crippen LogP contribution in [0.1, 0.15) is 54.0 Å². The molecule has 0 unspecified atom stereocenters. The first-order valence-corrected chi connectivity index (χ1v) is 9.93. The van der Waals surface area contributed by atoms with Crippen molar-refractivity contribution in [1.29, 1.82) is 5.26 Å². The number of anilines is 1. The molecular weight excluding hydrogens is 366 g/mol. The monoisotopic (exact) mass is 389 g/mol. The molecular formula is C22H23N5O2. The molecule has 0 bridgehead atoms. The molecule has 1 spiro atoms. The fourth-order valence-electron chi connectivity index (χ4n) is 4.56. The third kappa shape index (κ3) is 3.70. The molecule has 1 saturated carbocycles. The van der Waals surface area contributed by atoms with Gasteiger partial charge in [0.2, 0.25) is 5.91 Å². The van der Waals surface area contributed by atoms with Crippen molar-refractivity contribution >= 4 is 17.5 Å². The third-order valence-corrected chi connectivity index (χ3v) is 5.99. The number of rotatable bonds is 3. The summed E-state index contributed by atoms with van der Waals surface area (Å²) in [7, 11) is 0. The molecule has 4 rings (SSSR count). The summed E-state index contributed by atoms with van der Waals surface area (Å²) in [5.74, 6) is 0.435. The zero-order valence-corrected chi connectivity index (χ0v) is 16.4. The van der Waals surface area contributed by atoms with Crippen LogP contribution in [0.3, 0.4) is 0 Å². The molecule has 1 N–H and O–H groups in total. The number of nitrogens with zero attached hydrogens (tertiary/aromatic N) is 4. The van der Waals surface area contributed by atoms with Crippen LogP contribution >= 0.6 is 0 Å². The third-order valence-electron chi connectivity index (χ3n) is 5.99. The van der Waals surface area contributed by atoms with Crippen molar-refractivity contribution in [1.82, 2.24) is 15.3 Å². The Morgan fingerprint density at radius 1 is 1.34 bits per heavy atom. The second-order valence-electron chi connectivity index (χ2n) is 7.91. The van der Waals surface area contributed by atoms with Crippen LogP contribution in [0.4, 0.5) is 5.69 Å². The Bertz CT molecular complexity index is 999. The van der Waals surface area contributed by atoms with Gasteiger partial charge in [0.15, 0.2) is 0 Å². The van der Waals surface area contributed by atoms with Gasteiger partial charge in [-0.1, -0.05) is 12.5 Å². The fourth-order valence-corrected chi connectivity index (χ4v) is 4.56. The number of nitrogens with one attached hydrogen (secondary N) is 1. The van der Waals surface area contributed by atoms with Crippen molar-refractivity contribution in [3.05, 3.63) is 53.6 Å². The molecule has 2 fully saturated rings. The maximum atomic E-state index is 13.3. The normalized spacial score (nSPS) is 23.8. The van der Waals surface area contributed by atoms with Crippen molar-refractivity contribution in [3.63, 3.8) is 0 Å². The number of hydrogen-bond donors (Lipinski definition) is 1. The van der Waals surface area contributed by atoms with E-state index in [1.54, 1.807) is 42.3 Å². The molecule has 0 radical (unpaired) electrons. The highest BCUT2D eigenvalue weighted by Gasteiger charge is 2.49. The molecule has 1 aromatic carbocycles. The Labute approximate surface area is 169 Å². The van der Waals surface area contributed by atoms with Crippen LogP contribution in [0, 0.1) is 23.7 Å². The molecule has 7 nitrogen and oxygen atoms in total. The van der Waals surface area contributed by atoms with Gasteiger partial charge in [0.1, 0.15) is 11.5 Å². The molecule has 2 heterocycles. The fraction of sp³-hybridized carbons (Fsp3) is 0.409. The van der Waals surface area contributed by atoms with Gasteiger partial charge in [0, 0.05) is 24.5 Å². The Morgan fingerprint density at radius 2 is 2.21 bits per heavy atom. The summed E-state index contributed by atoms with van der Waals surface area (Å²) in [5.41, 5.74) is 1.23. The lowest BCUT2D eigenvalue weighted by Crippen LogP contribution is -2.46. The smallest absolute Gasteiger partial charge is 0.270 e. The predicted octanol–water partition coefficient (Wildman–Crippen LogP) is 2.75. The highest BCUT2D eigenvalue weighted by Crippen LogP contribution is 2.46. The van der Waals surface area contributed by atoms with E-state index in [1.807, 2.05) is 6.07 Å². The molecule has 2 amide bonds. The lowest BCUT2D eigenvalue weighted by molar-refractivity contribution is -0.127. The topological polar surface area (TPSA) is 99.0 Å². The van der Waals surface area contributed by atoms with E-state index in [0.29, 0.717) is 30.0 Å². The number of aryl methyl sites for hydroxylation is 1. The summed E-state index contributed by atoms with van der Waals surface area (Å²) >= 11 is 0. The minimum Gasteiger partial charge on any atom is -0.348 e. The summed E-state index contributed by atoms with van der Waals surface area (Å²) in [5, 5.41) is 12.2. The first-order valence-electron chi connectivity index (χ1n) is 9.93. The van der Waals surface area contributed by atoms with Gasteiger partial charge >= 0.3 is 0 Å². The van der Waals surface area contributed by atoms with Gasteiger partial charge in [-0.15, -0.1) is 0 Å². The quantitative estimate of drug-likeness (QED) is 0.870. The number of hydrogen-bond acceptors (Lipinski definition) is 5. The van der Waals surface area contributed by atoms with Gasteiger partial charge in [-0.2, -0.15) is 5.26 Å². The van der Waals surface area contributed by atoms with Gasteiger partial charge in [-0.25, -0.2) is 9.97 Å². The zero-order chi connectivity index (χ0) is 20.4. The van der Waals surface area contributed by atoms with Crippen molar-refractivity contribution in [2.45, 2.75) is 45.1 Å². The highest BCUT2D eigenvalue weighted by atomic mass is 16.2. The molecule has 1 aromatic heterocycles. The number of nitriles is 1. The molecule has 1 aliphatic carbocycles. The highest BCUT2D eigenvalue weighted by molar-refractivity contribution is 6.00. The SMILES string of the molecule is Cc1nccc(C(=O)N[C@@H]2CCC[C@]3(CCN(c4cccc(C#N)c4)C3=O)C2)n1. The Balaban J connectivity index is 1.48. The van der Waals surface area contributed by atoms with Crippen LogP contribution in [0.5, 0.6) is 0 Å². The molecule has 29 heavy (non-hydrogen) atoms. The minimum atomic E-state index is -0.444. The van der Waals surface area contributed by atoms with Crippen LogP contribution in [0.25, 0.3) is 0 Å². The number of carbonyl (C=O) groups excluding carboxylic acids is 2. The number of benzene rings is 1. The Hall–Kier alpha value is -3.27. The Morgan fingerprint density at radius 3 is 3.00 bits per heavy atom. The molecule has 148 valence electrons. The van der Waals surface area contributed by atoms with E-state index < -0.39 is 5.41 Å². The van der Waals surface area contributed by atoms with E-state index in [4.69, 9.17) is 5.26 Å². The van der Waals surface area contributed by atoms with E-state index in [2.05, 4.69) is 21.4 Å². The lowest BCUT2D eigenvalue weighted by atomic mass is 9.71. The van der Waals surface area contributed by atoms with Gasteiger partial charge in [-0.3, -0.25) is 9.59 Å². The number of carbonyl (C=O) groups is 2. The molecule has 2 atom stereocenters. The van der Waals surface area contributed by atoms with Crippen LogP contribution in [0.15, 0.2) is 36.5 Å². The molecule has 7 heteroatoms. The van der Waals surface area contributed by atoms with Gasteiger partial charge < -0.3 is 10.2 Å². The molecule has 1 aliphatic heterocycles. The predicted molar refractivity (Wildman–Crippen MR) is 107 cm³/mol. The summed E-state index contributed by atoms with van der Waals surface area (Å²) < 4.78 is 0. The number of aromatic nitrogens is 2. The first kappa shape index (κ1) is 19.1. The minimum absolute atomic E-state index is 0.0548. The van der Waals surface area contributed by atoms with Crippen LogP contribution in [0.2, 0.25) is 0 Å². The molecule has 2 aliphatic rings. The first-order chi connectivity index (χ1) is 14.0. The second kappa shape index (κ2) is 7.63. The van der Waals surface area contributed by atoms with E-state index in [9.17, 15) is 9.59 Å². The maximum absolute atomic E-state index is 13.3. The van der Waals surface area contributed by atoms with Crippen molar-refractivity contribution in [3.8, 4) is 6.07 Å². The molecule has 1 saturated heterocycles. The van der Waals surface area contributed by atoms with Gasteiger partial charge in [0.25, 0.3) is 5.91 Å². The lowest BCUT2D eigenvalue weighted by Gasteiger charge is -2.36. The van der Waals surface area contributed by atoms with Crippen molar-refractivity contribution in [2.75, 3.05) is 11.4 Å². The van der Waals surface area contributed by atoms with Gasteiger partial charge in [0.05, 0.1) is 17.0 Å². The summed E-state index contributed by atoms with van der Waals surface area (Å²) in [6, 6.07) is 10.9. The van der Waals surface area contributed by atoms with Crippen molar-refractivity contribution in [2.24, 2.45) is 5.41 Å². The van der Waals surface area contributed by atoms with E-state index in [1.165, 1.54) is 0 Å². The second-order valence-corrected chi connectivity index (χ2v) is 7.91. The standard InChI is InChI=1S/C22H23N5O2/c1-15-24-10-7-19(25-15)20(28)26-17-5-3-8-22(13-17)9-11-27(21(22)29)18-6-2-4-16(12-18)14-23/h2,4,6-7,10,12,17H,3,5,8-9,11,13H2,1H3,(H,26,28)/t17-,22+/m1/s1. The largest absolute Gasteiger partial charge is 0.348 e. The van der Waals surface area contributed by atoms with E-state index in [-0.39, 0.29) is 17.9 Å². The van der Waals surface area contributed by atoms with Crippen LogP contribution in [-0.2, 0) is 4.79 Å². The van der Waals surface area contributed by atoms with Crippen LogP contribution in [-0.4, -0.2) is 34.4 Å². The average molecular weight is 389 g/mol. The molecule has 2 aromatic rings.